The van der Waals surface area contributed by atoms with Crippen LogP contribution in [0.5, 0.6) is 0 Å². The second kappa shape index (κ2) is 5.13. The van der Waals surface area contributed by atoms with Crippen LogP contribution in [0.15, 0.2) is 30.5 Å². The van der Waals surface area contributed by atoms with E-state index in [1.807, 2.05) is 13.2 Å². The quantitative estimate of drug-likeness (QED) is 0.764. The molecule has 2 heterocycles. The summed E-state index contributed by atoms with van der Waals surface area (Å²) >= 11 is 0. The Morgan fingerprint density at radius 1 is 1.30 bits per heavy atom. The molecule has 20 heavy (non-hydrogen) atoms. The number of aryl methyl sites for hydroxylation is 1. The predicted octanol–water partition coefficient (Wildman–Crippen LogP) is 2.64. The molecule has 3 rings (SSSR count). The van der Waals surface area contributed by atoms with E-state index in [0.29, 0.717) is 0 Å². The highest BCUT2D eigenvalue weighted by atomic mass is 15.0. The van der Waals surface area contributed by atoms with Crippen molar-refractivity contribution in [3.63, 3.8) is 0 Å². The topological polar surface area (TPSA) is 45.6 Å². The molecule has 0 saturated heterocycles. The molecule has 0 radical (unpaired) electrons. The van der Waals surface area contributed by atoms with Crippen LogP contribution in [-0.2, 0) is 13.5 Å². The monoisotopic (exact) mass is 268 g/mol. The summed E-state index contributed by atoms with van der Waals surface area (Å²) in [5.74, 6) is 1.03. The molecule has 2 aromatic heterocycles. The summed E-state index contributed by atoms with van der Waals surface area (Å²) in [7, 11) is 4.07. The number of fused-ring (bicyclic) bond motifs is 1. The van der Waals surface area contributed by atoms with E-state index in [0.717, 1.165) is 24.5 Å². The van der Waals surface area contributed by atoms with Gasteiger partial charge in [-0.15, -0.1) is 0 Å². The molecule has 2 N–H and O–H groups in total. The zero-order valence-electron chi connectivity index (χ0n) is 12.2. The zero-order valence-corrected chi connectivity index (χ0v) is 12.2. The standard InChI is InChI=1S/C16H20N4/c1-11-16(12-6-4-5-7-14(12)20(11)3)13-10-18-15(19-13)8-9-17-2/h4-7,10,17H,8-9H2,1-3H3,(H,18,19). The fourth-order valence-electron chi connectivity index (χ4n) is 2.72. The minimum atomic E-state index is 0.917. The number of likely N-dealkylation sites (N-methyl/N-ethyl adjacent to an activating group) is 1. The fourth-order valence-corrected chi connectivity index (χ4v) is 2.72. The number of benzene rings is 1. The van der Waals surface area contributed by atoms with Gasteiger partial charge in [0, 0.05) is 42.2 Å². The Hall–Kier alpha value is -2.07. The summed E-state index contributed by atoms with van der Waals surface area (Å²) in [6.45, 7) is 3.09. The van der Waals surface area contributed by atoms with Gasteiger partial charge in [-0.05, 0) is 20.0 Å². The fraction of sp³-hybridized carbons (Fsp3) is 0.312. The van der Waals surface area contributed by atoms with Crippen LogP contribution in [0.2, 0.25) is 0 Å². The normalized spacial score (nSPS) is 11.3. The number of hydrogen-bond acceptors (Lipinski definition) is 2. The molecule has 0 saturated carbocycles. The lowest BCUT2D eigenvalue weighted by atomic mass is 10.1. The molecule has 0 fully saturated rings. The molecule has 1 aromatic carbocycles. The molecular formula is C16H20N4. The largest absolute Gasteiger partial charge is 0.347 e. The van der Waals surface area contributed by atoms with Gasteiger partial charge in [0.25, 0.3) is 0 Å². The van der Waals surface area contributed by atoms with Crippen molar-refractivity contribution in [2.45, 2.75) is 13.3 Å². The lowest BCUT2D eigenvalue weighted by Gasteiger charge is -2.00. The Morgan fingerprint density at radius 2 is 2.10 bits per heavy atom. The molecule has 0 aliphatic rings. The minimum Gasteiger partial charge on any atom is -0.347 e. The first-order valence-electron chi connectivity index (χ1n) is 6.95. The Labute approximate surface area is 118 Å². The van der Waals surface area contributed by atoms with Crippen LogP contribution >= 0.6 is 0 Å². The van der Waals surface area contributed by atoms with Gasteiger partial charge in [0.05, 0.1) is 11.9 Å². The van der Waals surface area contributed by atoms with Gasteiger partial charge in [-0.2, -0.15) is 0 Å². The number of para-hydroxylation sites is 1. The average Bonchev–Trinajstić information content (AvgIpc) is 3.02. The number of nitrogens with one attached hydrogen (secondary N) is 2. The van der Waals surface area contributed by atoms with Gasteiger partial charge in [-0.3, -0.25) is 0 Å². The summed E-state index contributed by atoms with van der Waals surface area (Å²) in [6.07, 6.45) is 2.86. The lowest BCUT2D eigenvalue weighted by molar-refractivity contribution is 0.764. The third-order valence-corrected chi connectivity index (χ3v) is 3.91. The molecule has 3 aromatic rings. The molecule has 104 valence electrons. The first-order valence-corrected chi connectivity index (χ1v) is 6.95. The summed E-state index contributed by atoms with van der Waals surface area (Å²) in [4.78, 5) is 7.93. The van der Waals surface area contributed by atoms with E-state index in [9.17, 15) is 0 Å². The Bertz CT molecular complexity index is 736. The number of hydrogen-bond donors (Lipinski definition) is 2. The van der Waals surface area contributed by atoms with Crippen molar-refractivity contribution in [2.75, 3.05) is 13.6 Å². The van der Waals surface area contributed by atoms with Crippen LogP contribution in [0.4, 0.5) is 0 Å². The summed E-state index contributed by atoms with van der Waals surface area (Å²) in [6, 6.07) is 8.50. The van der Waals surface area contributed by atoms with E-state index in [1.165, 1.54) is 22.2 Å². The van der Waals surface area contributed by atoms with Crippen LogP contribution < -0.4 is 5.32 Å². The smallest absolute Gasteiger partial charge is 0.107 e. The molecule has 0 unspecified atom stereocenters. The summed E-state index contributed by atoms with van der Waals surface area (Å²) in [5.41, 5.74) is 4.87. The van der Waals surface area contributed by atoms with Crippen molar-refractivity contribution >= 4 is 10.9 Å². The molecular weight excluding hydrogens is 248 g/mol. The molecule has 0 atom stereocenters. The van der Waals surface area contributed by atoms with Gasteiger partial charge in [0.1, 0.15) is 5.82 Å². The van der Waals surface area contributed by atoms with Gasteiger partial charge < -0.3 is 14.9 Å². The molecule has 0 amide bonds. The second-order valence-electron chi connectivity index (χ2n) is 5.13. The number of rotatable bonds is 4. The Balaban J connectivity index is 2.10. The van der Waals surface area contributed by atoms with E-state index in [1.54, 1.807) is 0 Å². The molecule has 0 spiro atoms. The Kier molecular flexibility index (Phi) is 3.32. The summed E-state index contributed by atoms with van der Waals surface area (Å²) < 4.78 is 2.23. The number of H-pyrrole nitrogens is 1. The van der Waals surface area contributed by atoms with E-state index >= 15 is 0 Å². The highest BCUT2D eigenvalue weighted by molar-refractivity contribution is 5.97. The van der Waals surface area contributed by atoms with E-state index < -0.39 is 0 Å². The van der Waals surface area contributed by atoms with Gasteiger partial charge in [-0.25, -0.2) is 4.98 Å². The average molecular weight is 268 g/mol. The SMILES string of the molecule is CNCCc1ncc(-c2c(C)n(C)c3ccccc23)[nH]1. The van der Waals surface area contributed by atoms with Crippen molar-refractivity contribution in [2.24, 2.45) is 7.05 Å². The lowest BCUT2D eigenvalue weighted by Crippen LogP contribution is -2.11. The van der Waals surface area contributed by atoms with E-state index in [2.05, 4.69) is 58.1 Å². The highest BCUT2D eigenvalue weighted by Gasteiger charge is 2.14. The maximum absolute atomic E-state index is 4.48. The molecule has 4 nitrogen and oxygen atoms in total. The highest BCUT2D eigenvalue weighted by Crippen LogP contribution is 2.32. The van der Waals surface area contributed by atoms with Crippen molar-refractivity contribution in [1.29, 1.82) is 0 Å². The molecule has 0 aliphatic heterocycles. The predicted molar refractivity (Wildman–Crippen MR) is 82.9 cm³/mol. The van der Waals surface area contributed by atoms with Crippen molar-refractivity contribution in [1.82, 2.24) is 19.9 Å². The van der Waals surface area contributed by atoms with Gasteiger partial charge in [0.15, 0.2) is 0 Å². The van der Waals surface area contributed by atoms with Crippen LogP contribution in [0.1, 0.15) is 11.5 Å². The van der Waals surface area contributed by atoms with Gasteiger partial charge in [0.2, 0.25) is 0 Å². The van der Waals surface area contributed by atoms with Gasteiger partial charge in [-0.1, -0.05) is 18.2 Å². The number of aromatic amines is 1. The number of aromatic nitrogens is 3. The van der Waals surface area contributed by atoms with Crippen molar-refractivity contribution in [3.8, 4) is 11.3 Å². The second-order valence-corrected chi connectivity index (χ2v) is 5.13. The van der Waals surface area contributed by atoms with Crippen LogP contribution in [0.25, 0.3) is 22.2 Å². The molecule has 4 heteroatoms. The third kappa shape index (κ3) is 2.02. The van der Waals surface area contributed by atoms with Crippen LogP contribution in [0, 0.1) is 6.92 Å². The third-order valence-electron chi connectivity index (χ3n) is 3.91. The maximum Gasteiger partial charge on any atom is 0.107 e. The number of imidazole rings is 1. The minimum absolute atomic E-state index is 0.917. The molecule has 0 bridgehead atoms. The van der Waals surface area contributed by atoms with Gasteiger partial charge >= 0.3 is 0 Å². The van der Waals surface area contributed by atoms with Crippen molar-refractivity contribution < 1.29 is 0 Å². The van der Waals surface area contributed by atoms with E-state index in [4.69, 9.17) is 0 Å². The van der Waals surface area contributed by atoms with Crippen LogP contribution in [-0.4, -0.2) is 28.1 Å². The van der Waals surface area contributed by atoms with E-state index in [-0.39, 0.29) is 0 Å². The first-order chi connectivity index (χ1) is 9.72. The van der Waals surface area contributed by atoms with Crippen LogP contribution in [0.3, 0.4) is 0 Å². The number of nitrogens with zero attached hydrogens (tertiary/aromatic N) is 2. The molecule has 0 aliphatic carbocycles. The maximum atomic E-state index is 4.48. The van der Waals surface area contributed by atoms with Crippen molar-refractivity contribution in [3.05, 3.63) is 42.0 Å². The Morgan fingerprint density at radius 3 is 2.90 bits per heavy atom. The summed E-state index contributed by atoms with van der Waals surface area (Å²) in [5, 5.41) is 4.42. The first kappa shape index (κ1) is 12.9. The zero-order chi connectivity index (χ0) is 14.1.